The Bertz CT molecular complexity index is 1290. The predicted molar refractivity (Wildman–Crippen MR) is 126 cm³/mol. The molecule has 1 aromatic carbocycles. The fourth-order valence-corrected chi connectivity index (χ4v) is 5.37. The van der Waals surface area contributed by atoms with Crippen LogP contribution in [0.25, 0.3) is 10.2 Å². The molecule has 174 valence electrons. The average molecular weight is 539 g/mol. The van der Waals surface area contributed by atoms with Crippen molar-refractivity contribution in [2.75, 3.05) is 18.4 Å². The Labute approximate surface area is 200 Å². The molecule has 1 aliphatic heterocycles. The van der Waals surface area contributed by atoms with Crippen molar-refractivity contribution < 1.29 is 18.4 Å². The highest BCUT2D eigenvalue weighted by Crippen LogP contribution is 2.31. The zero-order valence-corrected chi connectivity index (χ0v) is 20.4. The first-order valence-corrected chi connectivity index (χ1v) is 12.0. The SMILES string of the molecule is Cc1c(C(=O)Nc2c(F)cc(F)cc2Br)sc2ncn(CC(=O)N3CCC(C)CC3)c(=O)c12. The lowest BCUT2D eigenvalue weighted by atomic mass is 9.99. The number of hydrogen-bond donors (Lipinski definition) is 1. The van der Waals surface area contributed by atoms with Crippen LogP contribution in [0.15, 0.2) is 27.7 Å². The summed E-state index contributed by atoms with van der Waals surface area (Å²) in [6.07, 6.45) is 3.18. The number of likely N-dealkylation sites (tertiary alicyclic amines) is 1. The maximum absolute atomic E-state index is 14.1. The summed E-state index contributed by atoms with van der Waals surface area (Å²) in [6.45, 7) is 4.97. The van der Waals surface area contributed by atoms with Crippen LogP contribution in [0.5, 0.6) is 0 Å². The first-order valence-electron chi connectivity index (χ1n) is 10.4. The van der Waals surface area contributed by atoms with E-state index in [1.165, 1.54) is 10.9 Å². The number of nitrogens with one attached hydrogen (secondary N) is 1. The molecule has 0 radical (unpaired) electrons. The van der Waals surface area contributed by atoms with Gasteiger partial charge in [0.2, 0.25) is 5.91 Å². The van der Waals surface area contributed by atoms with Crippen molar-refractivity contribution in [3.63, 3.8) is 0 Å². The van der Waals surface area contributed by atoms with Crippen molar-refractivity contribution in [3.05, 3.63) is 55.4 Å². The molecule has 0 aliphatic carbocycles. The number of fused-ring (bicyclic) bond motifs is 1. The van der Waals surface area contributed by atoms with Crippen molar-refractivity contribution in [1.82, 2.24) is 14.5 Å². The van der Waals surface area contributed by atoms with Crippen LogP contribution in [0.2, 0.25) is 0 Å². The average Bonchev–Trinajstić information content (AvgIpc) is 3.10. The number of piperidine rings is 1. The molecule has 7 nitrogen and oxygen atoms in total. The van der Waals surface area contributed by atoms with E-state index in [1.807, 2.05) is 0 Å². The van der Waals surface area contributed by atoms with Gasteiger partial charge in [-0.05, 0) is 53.2 Å². The molecule has 3 heterocycles. The van der Waals surface area contributed by atoms with Crippen molar-refractivity contribution in [1.29, 1.82) is 0 Å². The number of benzene rings is 1. The maximum atomic E-state index is 14.1. The Morgan fingerprint density at radius 1 is 1.27 bits per heavy atom. The fourth-order valence-electron chi connectivity index (χ4n) is 3.82. The van der Waals surface area contributed by atoms with Crippen LogP contribution in [0.3, 0.4) is 0 Å². The normalized spacial score (nSPS) is 14.6. The summed E-state index contributed by atoms with van der Waals surface area (Å²) in [5.74, 6) is -1.93. The second kappa shape index (κ2) is 9.30. The lowest BCUT2D eigenvalue weighted by Crippen LogP contribution is -2.41. The highest BCUT2D eigenvalue weighted by molar-refractivity contribution is 9.10. The molecule has 1 N–H and O–H groups in total. The second-order valence-electron chi connectivity index (χ2n) is 8.18. The molecule has 11 heteroatoms. The molecule has 0 saturated carbocycles. The fraction of sp³-hybridized carbons (Fsp3) is 0.364. The van der Waals surface area contributed by atoms with E-state index in [0.29, 0.717) is 35.5 Å². The summed E-state index contributed by atoms with van der Waals surface area (Å²) in [6, 6.07) is 1.70. The van der Waals surface area contributed by atoms with Gasteiger partial charge in [-0.2, -0.15) is 0 Å². The molecular formula is C22H21BrF2N4O3S. The number of aryl methyl sites for hydroxylation is 1. The van der Waals surface area contributed by atoms with Crippen LogP contribution in [0, 0.1) is 24.5 Å². The van der Waals surface area contributed by atoms with Crippen molar-refractivity contribution >= 4 is 55.0 Å². The largest absolute Gasteiger partial charge is 0.341 e. The van der Waals surface area contributed by atoms with Gasteiger partial charge in [-0.3, -0.25) is 19.0 Å². The number of rotatable bonds is 4. The van der Waals surface area contributed by atoms with Gasteiger partial charge < -0.3 is 10.2 Å². The first-order chi connectivity index (χ1) is 15.7. The first kappa shape index (κ1) is 23.5. The third kappa shape index (κ3) is 4.70. The molecule has 1 saturated heterocycles. The van der Waals surface area contributed by atoms with Crippen molar-refractivity contribution in [2.24, 2.45) is 5.92 Å². The molecule has 2 amide bonds. The van der Waals surface area contributed by atoms with E-state index >= 15 is 0 Å². The van der Waals surface area contributed by atoms with Crippen LogP contribution < -0.4 is 10.9 Å². The Kier molecular flexibility index (Phi) is 6.62. The van der Waals surface area contributed by atoms with Gasteiger partial charge in [-0.1, -0.05) is 6.92 Å². The van der Waals surface area contributed by atoms with E-state index in [9.17, 15) is 23.2 Å². The summed E-state index contributed by atoms with van der Waals surface area (Å²) in [4.78, 5) is 45.1. The number of hydrogen-bond acceptors (Lipinski definition) is 5. The van der Waals surface area contributed by atoms with Crippen LogP contribution >= 0.6 is 27.3 Å². The van der Waals surface area contributed by atoms with E-state index in [2.05, 4.69) is 33.2 Å². The molecule has 0 unspecified atom stereocenters. The van der Waals surface area contributed by atoms with Gasteiger partial charge in [0.1, 0.15) is 17.2 Å². The van der Waals surface area contributed by atoms with E-state index in [4.69, 9.17) is 0 Å². The predicted octanol–water partition coefficient (Wildman–Crippen LogP) is 4.32. The summed E-state index contributed by atoms with van der Waals surface area (Å²) < 4.78 is 28.8. The van der Waals surface area contributed by atoms with Gasteiger partial charge >= 0.3 is 0 Å². The topological polar surface area (TPSA) is 84.3 Å². The van der Waals surface area contributed by atoms with Crippen molar-refractivity contribution in [2.45, 2.75) is 33.2 Å². The van der Waals surface area contributed by atoms with Crippen LogP contribution in [0.1, 0.15) is 35.0 Å². The van der Waals surface area contributed by atoms with Crippen LogP contribution in [-0.2, 0) is 11.3 Å². The van der Waals surface area contributed by atoms with Gasteiger partial charge in [0.05, 0.1) is 22.3 Å². The van der Waals surface area contributed by atoms with E-state index in [1.54, 1.807) is 11.8 Å². The molecular weight excluding hydrogens is 518 g/mol. The molecule has 4 rings (SSSR count). The second-order valence-corrected chi connectivity index (χ2v) is 10.0. The maximum Gasteiger partial charge on any atom is 0.266 e. The number of thiophene rings is 1. The highest BCUT2D eigenvalue weighted by Gasteiger charge is 2.24. The summed E-state index contributed by atoms with van der Waals surface area (Å²) in [7, 11) is 0. The summed E-state index contributed by atoms with van der Waals surface area (Å²) >= 11 is 4.03. The minimum Gasteiger partial charge on any atom is -0.341 e. The van der Waals surface area contributed by atoms with Gasteiger partial charge in [-0.15, -0.1) is 11.3 Å². The molecule has 3 aromatic rings. The Hall–Kier alpha value is -2.66. The number of nitrogens with zero attached hydrogens (tertiary/aromatic N) is 3. The molecule has 0 spiro atoms. The minimum absolute atomic E-state index is 0.0539. The van der Waals surface area contributed by atoms with E-state index in [0.717, 1.165) is 30.2 Å². The summed E-state index contributed by atoms with van der Waals surface area (Å²) in [5.41, 5.74) is -0.233. The molecule has 1 fully saturated rings. The number of carbonyl (C=O) groups excluding carboxylic acids is 2. The van der Waals surface area contributed by atoms with Gasteiger partial charge in [0, 0.05) is 23.6 Å². The van der Waals surface area contributed by atoms with Crippen LogP contribution in [-0.4, -0.2) is 39.4 Å². The van der Waals surface area contributed by atoms with Crippen molar-refractivity contribution in [3.8, 4) is 0 Å². The molecule has 0 bridgehead atoms. The standard InChI is InChI=1S/C22H21BrF2N4O3S/c1-11-3-5-28(6-4-11)16(30)9-29-10-26-21-17(22(29)32)12(2)19(33-21)20(31)27-18-14(23)7-13(24)8-15(18)25/h7-8,10-11H,3-6,9H2,1-2H3,(H,27,31). The summed E-state index contributed by atoms with van der Waals surface area (Å²) in [5, 5.41) is 2.66. The number of halogens is 3. The highest BCUT2D eigenvalue weighted by atomic mass is 79.9. The van der Waals surface area contributed by atoms with Gasteiger partial charge in [0.25, 0.3) is 11.5 Å². The lowest BCUT2D eigenvalue weighted by Gasteiger charge is -2.30. The molecule has 2 aromatic heterocycles. The number of carbonyl (C=O) groups is 2. The monoisotopic (exact) mass is 538 g/mol. The van der Waals surface area contributed by atoms with Gasteiger partial charge in [-0.25, -0.2) is 13.8 Å². The molecule has 1 aliphatic rings. The number of aromatic nitrogens is 2. The Morgan fingerprint density at radius 3 is 2.64 bits per heavy atom. The zero-order chi connectivity index (χ0) is 23.9. The van der Waals surface area contributed by atoms with E-state index < -0.39 is 23.1 Å². The number of amides is 2. The van der Waals surface area contributed by atoms with E-state index in [-0.39, 0.29) is 32.9 Å². The Balaban J connectivity index is 1.60. The quantitative estimate of drug-likeness (QED) is 0.536. The third-order valence-corrected chi connectivity index (χ3v) is 7.63. The zero-order valence-electron chi connectivity index (χ0n) is 18.0. The number of anilines is 1. The molecule has 0 atom stereocenters. The van der Waals surface area contributed by atoms with Crippen LogP contribution in [0.4, 0.5) is 14.5 Å². The smallest absolute Gasteiger partial charge is 0.266 e. The molecule has 33 heavy (non-hydrogen) atoms. The van der Waals surface area contributed by atoms with Gasteiger partial charge in [0.15, 0.2) is 5.82 Å². The minimum atomic E-state index is -0.930. The Morgan fingerprint density at radius 2 is 1.97 bits per heavy atom. The third-order valence-electron chi connectivity index (χ3n) is 5.81. The lowest BCUT2D eigenvalue weighted by molar-refractivity contribution is -0.133.